The Morgan fingerprint density at radius 1 is 1.55 bits per heavy atom. The van der Waals surface area contributed by atoms with Crippen molar-refractivity contribution in [3.05, 3.63) is 33.0 Å². The number of ether oxygens (including phenoxy) is 1. The molecule has 2 aromatic rings. The van der Waals surface area contributed by atoms with Gasteiger partial charge >= 0.3 is 5.97 Å². The maximum absolute atomic E-state index is 11.3. The van der Waals surface area contributed by atoms with Gasteiger partial charge in [-0.3, -0.25) is 4.98 Å². The van der Waals surface area contributed by atoms with Gasteiger partial charge in [0, 0.05) is 17.5 Å². The minimum atomic E-state index is -0.928. The molecule has 104 valence electrons. The van der Waals surface area contributed by atoms with E-state index in [2.05, 4.69) is 27.6 Å². The second-order valence-corrected chi connectivity index (χ2v) is 6.35. The third-order valence-corrected chi connectivity index (χ3v) is 4.40. The quantitative estimate of drug-likeness (QED) is 0.790. The van der Waals surface area contributed by atoms with Gasteiger partial charge in [0.15, 0.2) is 11.9 Å². The molecule has 1 aliphatic rings. The van der Waals surface area contributed by atoms with E-state index >= 15 is 0 Å². The van der Waals surface area contributed by atoms with Gasteiger partial charge < -0.3 is 9.84 Å². The minimum absolute atomic E-state index is 0.0951. The first kappa shape index (κ1) is 13.9. The average molecular weight is 404 g/mol. The summed E-state index contributed by atoms with van der Waals surface area (Å²) in [5, 5.41) is 10.6. The molecular formula is C14H11ClINO3. The van der Waals surface area contributed by atoms with Crippen LogP contribution in [0.2, 0.25) is 5.02 Å². The molecule has 4 nitrogen and oxygen atoms in total. The number of aromatic nitrogens is 1. The van der Waals surface area contributed by atoms with Crippen molar-refractivity contribution in [3.63, 3.8) is 0 Å². The number of pyridine rings is 1. The second-order valence-electron chi connectivity index (χ2n) is 4.78. The standard InChI is InChI=1S/C14H11ClINO3/c15-9-6-10(16)13(11-8(9)2-1-5-17-11)20-12(14(18)19)7-3-4-7/h1-2,5-7,12H,3-4H2,(H,18,19). The van der Waals surface area contributed by atoms with E-state index in [9.17, 15) is 9.90 Å². The normalized spacial score (nSPS) is 16.1. The van der Waals surface area contributed by atoms with Gasteiger partial charge in [-0.15, -0.1) is 0 Å². The van der Waals surface area contributed by atoms with Crippen molar-refractivity contribution in [2.24, 2.45) is 5.92 Å². The Morgan fingerprint density at radius 3 is 2.95 bits per heavy atom. The molecule has 1 saturated carbocycles. The molecule has 1 heterocycles. The number of halogens is 2. The zero-order valence-electron chi connectivity index (χ0n) is 10.3. The fourth-order valence-corrected chi connectivity index (χ4v) is 3.27. The first-order valence-corrected chi connectivity index (χ1v) is 7.66. The Kier molecular flexibility index (Phi) is 3.72. The molecule has 0 saturated heterocycles. The number of aliphatic carboxylic acids is 1. The van der Waals surface area contributed by atoms with Crippen molar-refractivity contribution in [3.8, 4) is 5.75 Å². The first-order valence-electron chi connectivity index (χ1n) is 6.20. The van der Waals surface area contributed by atoms with E-state index < -0.39 is 12.1 Å². The lowest BCUT2D eigenvalue weighted by Gasteiger charge is -2.17. The van der Waals surface area contributed by atoms with Crippen LogP contribution < -0.4 is 4.74 Å². The van der Waals surface area contributed by atoms with Crippen LogP contribution in [0.1, 0.15) is 12.8 Å². The Bertz CT molecular complexity index is 687. The number of hydrogen-bond acceptors (Lipinski definition) is 3. The molecule has 0 amide bonds. The lowest BCUT2D eigenvalue weighted by molar-refractivity contribution is -0.146. The molecular weight excluding hydrogens is 393 g/mol. The third kappa shape index (κ3) is 2.56. The zero-order chi connectivity index (χ0) is 14.3. The molecule has 0 spiro atoms. The van der Waals surface area contributed by atoms with Crippen LogP contribution in [-0.4, -0.2) is 22.2 Å². The minimum Gasteiger partial charge on any atom is -0.478 e. The Labute approximate surface area is 134 Å². The highest BCUT2D eigenvalue weighted by molar-refractivity contribution is 14.1. The SMILES string of the molecule is O=C(O)C(Oc1c(I)cc(Cl)c2cccnc12)C1CC1. The van der Waals surface area contributed by atoms with Crippen molar-refractivity contribution in [2.45, 2.75) is 18.9 Å². The predicted octanol–water partition coefficient (Wildman–Crippen LogP) is 3.73. The number of carboxylic acids is 1. The fourth-order valence-electron chi connectivity index (χ4n) is 2.13. The van der Waals surface area contributed by atoms with Crippen molar-refractivity contribution >= 4 is 51.1 Å². The molecule has 1 aliphatic carbocycles. The number of hydrogen-bond donors (Lipinski definition) is 1. The summed E-state index contributed by atoms with van der Waals surface area (Å²) in [4.78, 5) is 15.6. The Morgan fingerprint density at radius 2 is 2.30 bits per heavy atom. The molecule has 3 rings (SSSR count). The van der Waals surface area contributed by atoms with Gasteiger partial charge in [0.1, 0.15) is 5.52 Å². The molecule has 1 aromatic heterocycles. The summed E-state index contributed by atoms with van der Waals surface area (Å²) in [6.07, 6.45) is 2.63. The maximum Gasteiger partial charge on any atom is 0.345 e. The molecule has 1 unspecified atom stereocenters. The highest BCUT2D eigenvalue weighted by atomic mass is 127. The number of nitrogens with zero attached hydrogens (tertiary/aromatic N) is 1. The maximum atomic E-state index is 11.3. The molecule has 0 aliphatic heterocycles. The average Bonchev–Trinajstić information content (AvgIpc) is 3.22. The summed E-state index contributed by atoms with van der Waals surface area (Å²) in [6, 6.07) is 5.41. The lowest BCUT2D eigenvalue weighted by atomic mass is 10.2. The van der Waals surface area contributed by atoms with E-state index in [1.807, 2.05) is 6.07 Å². The Hall–Kier alpha value is -1.08. The Balaban J connectivity index is 2.08. The summed E-state index contributed by atoms with van der Waals surface area (Å²) in [5.74, 6) is -0.329. The third-order valence-electron chi connectivity index (χ3n) is 3.29. The van der Waals surface area contributed by atoms with E-state index in [1.54, 1.807) is 18.3 Å². The van der Waals surface area contributed by atoms with Gasteiger partial charge in [0.05, 0.1) is 8.59 Å². The van der Waals surface area contributed by atoms with Gasteiger partial charge in [-0.05, 0) is 53.6 Å². The molecule has 1 fully saturated rings. The van der Waals surface area contributed by atoms with Crippen LogP contribution in [-0.2, 0) is 4.79 Å². The first-order chi connectivity index (χ1) is 9.58. The van der Waals surface area contributed by atoms with Crippen LogP contribution >= 0.6 is 34.2 Å². The van der Waals surface area contributed by atoms with Crippen LogP contribution in [0, 0.1) is 9.49 Å². The van der Waals surface area contributed by atoms with Gasteiger partial charge in [-0.25, -0.2) is 4.79 Å². The van der Waals surface area contributed by atoms with Crippen LogP contribution in [0.25, 0.3) is 10.9 Å². The van der Waals surface area contributed by atoms with Crippen LogP contribution in [0.4, 0.5) is 0 Å². The molecule has 1 aromatic carbocycles. The summed E-state index contributed by atoms with van der Waals surface area (Å²) >= 11 is 8.28. The second kappa shape index (κ2) is 5.37. The van der Waals surface area contributed by atoms with Gasteiger partial charge in [0.25, 0.3) is 0 Å². The van der Waals surface area contributed by atoms with E-state index in [0.717, 1.165) is 21.8 Å². The van der Waals surface area contributed by atoms with Crippen molar-refractivity contribution < 1.29 is 14.6 Å². The van der Waals surface area contributed by atoms with E-state index in [0.29, 0.717) is 16.3 Å². The van der Waals surface area contributed by atoms with Crippen molar-refractivity contribution in [1.82, 2.24) is 4.98 Å². The van der Waals surface area contributed by atoms with Crippen LogP contribution in [0.15, 0.2) is 24.4 Å². The van der Waals surface area contributed by atoms with Crippen molar-refractivity contribution in [1.29, 1.82) is 0 Å². The summed E-state index contributed by atoms with van der Waals surface area (Å²) in [6.45, 7) is 0. The van der Waals surface area contributed by atoms with Crippen LogP contribution in [0.5, 0.6) is 5.75 Å². The molecule has 0 radical (unpaired) electrons. The highest BCUT2D eigenvalue weighted by Crippen LogP contribution is 2.39. The van der Waals surface area contributed by atoms with E-state index in [1.165, 1.54) is 0 Å². The van der Waals surface area contributed by atoms with E-state index in [-0.39, 0.29) is 5.92 Å². The smallest absolute Gasteiger partial charge is 0.345 e. The van der Waals surface area contributed by atoms with Gasteiger partial charge in [-0.2, -0.15) is 0 Å². The number of carbonyl (C=O) groups is 1. The van der Waals surface area contributed by atoms with E-state index in [4.69, 9.17) is 16.3 Å². The van der Waals surface area contributed by atoms with Gasteiger partial charge in [-0.1, -0.05) is 11.6 Å². The highest BCUT2D eigenvalue weighted by Gasteiger charge is 2.39. The number of benzene rings is 1. The largest absolute Gasteiger partial charge is 0.478 e. The number of rotatable bonds is 4. The topological polar surface area (TPSA) is 59.4 Å². The van der Waals surface area contributed by atoms with Gasteiger partial charge in [0.2, 0.25) is 0 Å². The summed E-state index contributed by atoms with van der Waals surface area (Å²) in [7, 11) is 0. The number of fused-ring (bicyclic) bond motifs is 1. The summed E-state index contributed by atoms with van der Waals surface area (Å²) in [5.41, 5.74) is 0.608. The molecule has 0 bridgehead atoms. The summed E-state index contributed by atoms with van der Waals surface area (Å²) < 4.78 is 6.54. The molecule has 6 heteroatoms. The molecule has 1 N–H and O–H groups in total. The fraction of sp³-hybridized carbons (Fsp3) is 0.286. The van der Waals surface area contributed by atoms with Crippen molar-refractivity contribution in [2.75, 3.05) is 0 Å². The monoisotopic (exact) mass is 403 g/mol. The molecule has 20 heavy (non-hydrogen) atoms. The van der Waals surface area contributed by atoms with Crippen LogP contribution in [0.3, 0.4) is 0 Å². The predicted molar refractivity (Wildman–Crippen MR) is 84.2 cm³/mol. The molecule has 1 atom stereocenters. The lowest BCUT2D eigenvalue weighted by Crippen LogP contribution is -2.29. The number of carboxylic acid groups (broad SMARTS) is 1. The zero-order valence-corrected chi connectivity index (χ0v) is 13.3.